The Morgan fingerprint density at radius 1 is 1.11 bits per heavy atom. The number of rotatable bonds is 7. The molecule has 3 aromatic carbocycles. The molecule has 0 saturated heterocycles. The van der Waals surface area contributed by atoms with Crippen molar-refractivity contribution in [2.24, 2.45) is 0 Å². The Kier molecular flexibility index (Phi) is 6.97. The Labute approximate surface area is 216 Å². The van der Waals surface area contributed by atoms with Crippen LogP contribution < -0.4 is 20.3 Å². The Balaban J connectivity index is 1.60. The lowest BCUT2D eigenvalue weighted by Crippen LogP contribution is -2.52. The van der Waals surface area contributed by atoms with E-state index in [0.29, 0.717) is 25.1 Å². The molecule has 7 nitrogen and oxygen atoms in total. The lowest BCUT2D eigenvalue weighted by atomic mass is 9.96. The fourth-order valence-corrected chi connectivity index (χ4v) is 5.02. The second-order valence-electron chi connectivity index (χ2n) is 9.32. The molecule has 2 amide bonds. The van der Waals surface area contributed by atoms with Gasteiger partial charge in [-0.1, -0.05) is 42.5 Å². The van der Waals surface area contributed by atoms with Crippen LogP contribution in [0.25, 0.3) is 21.9 Å². The minimum Gasteiger partial charge on any atom is -0.496 e. The maximum absolute atomic E-state index is 14.0. The first-order valence-corrected chi connectivity index (χ1v) is 12.5. The van der Waals surface area contributed by atoms with Gasteiger partial charge in [-0.2, -0.15) is 0 Å². The summed E-state index contributed by atoms with van der Waals surface area (Å²) in [6.45, 7) is 2.08. The summed E-state index contributed by atoms with van der Waals surface area (Å²) in [5, 5.41) is 7.96. The van der Waals surface area contributed by atoms with Crippen molar-refractivity contribution in [2.75, 3.05) is 19.1 Å². The average molecular weight is 498 g/mol. The molecule has 5 rings (SSSR count). The number of amides is 2. The van der Waals surface area contributed by atoms with Gasteiger partial charge in [-0.25, -0.2) is 0 Å². The molecule has 1 aromatic heterocycles. The zero-order valence-electron chi connectivity index (χ0n) is 21.3. The summed E-state index contributed by atoms with van der Waals surface area (Å²) >= 11 is 0. The maximum atomic E-state index is 14.0. The molecule has 190 valence electrons. The van der Waals surface area contributed by atoms with Crippen LogP contribution in [0.2, 0.25) is 0 Å². The summed E-state index contributed by atoms with van der Waals surface area (Å²) in [6.07, 6.45) is 4.61. The monoisotopic (exact) mass is 497 g/mol. The number of para-hydroxylation sites is 1. The van der Waals surface area contributed by atoms with Crippen LogP contribution in [-0.2, 0) is 22.6 Å². The zero-order chi connectivity index (χ0) is 25.9. The van der Waals surface area contributed by atoms with E-state index in [9.17, 15) is 9.59 Å². The molecule has 2 atom stereocenters. The lowest BCUT2D eigenvalue weighted by Gasteiger charge is -2.28. The molecule has 7 heteroatoms. The first-order chi connectivity index (χ1) is 18.0. The number of carbonyl (C=O) groups is 2. The van der Waals surface area contributed by atoms with Crippen LogP contribution in [0.4, 0.5) is 5.69 Å². The molecule has 2 heterocycles. The quantitative estimate of drug-likeness (QED) is 0.387. The molecule has 0 spiro atoms. The summed E-state index contributed by atoms with van der Waals surface area (Å²) in [5.41, 5.74) is 4.87. The average Bonchev–Trinajstić information content (AvgIpc) is 3.43. The Morgan fingerprint density at radius 2 is 1.95 bits per heavy atom. The van der Waals surface area contributed by atoms with Gasteiger partial charge in [-0.05, 0) is 66.9 Å². The van der Waals surface area contributed by atoms with Crippen LogP contribution in [0.3, 0.4) is 0 Å². The van der Waals surface area contributed by atoms with Crippen molar-refractivity contribution in [1.29, 1.82) is 0 Å². The van der Waals surface area contributed by atoms with Gasteiger partial charge in [0, 0.05) is 16.8 Å². The maximum Gasteiger partial charge on any atom is 0.249 e. The van der Waals surface area contributed by atoms with Crippen LogP contribution in [-0.4, -0.2) is 38.1 Å². The number of likely N-dealkylation sites (N-methyl/N-ethyl adjacent to an activating group) is 1. The number of hydrogen-bond acceptors (Lipinski definition) is 5. The van der Waals surface area contributed by atoms with Crippen LogP contribution in [0.1, 0.15) is 24.5 Å². The second kappa shape index (κ2) is 10.5. The molecule has 0 saturated carbocycles. The van der Waals surface area contributed by atoms with Gasteiger partial charge in [0.1, 0.15) is 11.8 Å². The van der Waals surface area contributed by atoms with Crippen molar-refractivity contribution in [3.05, 3.63) is 84.3 Å². The molecular weight excluding hydrogens is 466 g/mol. The van der Waals surface area contributed by atoms with Gasteiger partial charge in [-0.15, -0.1) is 0 Å². The number of hydrogen-bond donors (Lipinski definition) is 2. The number of furan rings is 1. The number of anilines is 1. The van der Waals surface area contributed by atoms with Crippen molar-refractivity contribution >= 4 is 28.3 Å². The normalized spacial score (nSPS) is 16.2. The topological polar surface area (TPSA) is 83.8 Å². The van der Waals surface area contributed by atoms with E-state index < -0.39 is 12.1 Å². The number of ether oxygens (including phenoxy) is 1. The van der Waals surface area contributed by atoms with Crippen molar-refractivity contribution in [3.63, 3.8) is 0 Å². The molecule has 2 unspecified atom stereocenters. The van der Waals surface area contributed by atoms with E-state index in [-0.39, 0.29) is 11.8 Å². The fourth-order valence-electron chi connectivity index (χ4n) is 5.02. The minimum atomic E-state index is -0.627. The van der Waals surface area contributed by atoms with Gasteiger partial charge in [0.2, 0.25) is 11.8 Å². The smallest absolute Gasteiger partial charge is 0.249 e. The van der Waals surface area contributed by atoms with Crippen molar-refractivity contribution < 1.29 is 18.7 Å². The van der Waals surface area contributed by atoms with Crippen molar-refractivity contribution in [2.45, 2.75) is 38.4 Å². The number of methoxy groups -OCH3 is 1. The SMILES string of the molecule is CNC(C)C(=O)NC1CCc2ccccc2N(Cc2c(OC)ccc3c(-c4ccoc4)cccc23)C1=O. The third-order valence-electron chi connectivity index (χ3n) is 7.19. The first-order valence-electron chi connectivity index (χ1n) is 12.5. The van der Waals surface area contributed by atoms with Gasteiger partial charge in [-0.3, -0.25) is 9.59 Å². The fraction of sp³-hybridized carbons (Fsp3) is 0.267. The number of benzene rings is 3. The van der Waals surface area contributed by atoms with Gasteiger partial charge in [0.25, 0.3) is 0 Å². The molecule has 0 fully saturated rings. The molecule has 0 aliphatic carbocycles. The molecule has 1 aliphatic heterocycles. The summed E-state index contributed by atoms with van der Waals surface area (Å²) in [5.74, 6) is 0.377. The zero-order valence-corrected chi connectivity index (χ0v) is 21.3. The summed E-state index contributed by atoms with van der Waals surface area (Å²) in [7, 11) is 3.37. The van der Waals surface area contributed by atoms with Gasteiger partial charge in [0.05, 0.1) is 32.2 Å². The largest absolute Gasteiger partial charge is 0.496 e. The summed E-state index contributed by atoms with van der Waals surface area (Å²) < 4.78 is 11.1. The van der Waals surface area contributed by atoms with E-state index in [1.165, 1.54) is 0 Å². The van der Waals surface area contributed by atoms with Crippen molar-refractivity contribution in [3.8, 4) is 16.9 Å². The van der Waals surface area contributed by atoms with Gasteiger partial charge < -0.3 is 24.7 Å². The second-order valence-corrected chi connectivity index (χ2v) is 9.32. The highest BCUT2D eigenvalue weighted by atomic mass is 16.5. The standard InChI is InChI=1S/C30H31N3O4/c1-19(31-2)29(34)32-26-13-11-20-7-4-5-10-27(20)33(30(26)35)17-25-23-9-6-8-22(21-15-16-37-18-21)24(23)12-14-28(25)36-3/h4-10,12,14-16,18-19,26,31H,11,13,17H2,1-3H3,(H,32,34). The van der Waals surface area contributed by atoms with Crippen LogP contribution in [0, 0.1) is 0 Å². The Bertz CT molecular complexity index is 1430. The number of aryl methyl sites for hydroxylation is 1. The predicted octanol–water partition coefficient (Wildman–Crippen LogP) is 4.68. The van der Waals surface area contributed by atoms with Crippen LogP contribution >= 0.6 is 0 Å². The van der Waals surface area contributed by atoms with Crippen molar-refractivity contribution in [1.82, 2.24) is 10.6 Å². The predicted molar refractivity (Wildman–Crippen MR) is 145 cm³/mol. The van der Waals surface area contributed by atoms with Crippen LogP contribution in [0.5, 0.6) is 5.75 Å². The van der Waals surface area contributed by atoms with Crippen LogP contribution in [0.15, 0.2) is 77.6 Å². The lowest BCUT2D eigenvalue weighted by molar-refractivity contribution is -0.128. The molecule has 0 radical (unpaired) electrons. The highest BCUT2D eigenvalue weighted by molar-refractivity contribution is 6.03. The number of fused-ring (bicyclic) bond motifs is 2. The Morgan fingerprint density at radius 3 is 2.70 bits per heavy atom. The highest BCUT2D eigenvalue weighted by Crippen LogP contribution is 2.37. The van der Waals surface area contributed by atoms with E-state index in [1.54, 1.807) is 38.5 Å². The molecule has 4 aromatic rings. The van der Waals surface area contributed by atoms with Gasteiger partial charge in [0.15, 0.2) is 0 Å². The third-order valence-corrected chi connectivity index (χ3v) is 7.19. The minimum absolute atomic E-state index is 0.133. The van der Waals surface area contributed by atoms with E-state index in [1.807, 2.05) is 48.5 Å². The van der Waals surface area contributed by atoms with E-state index >= 15 is 0 Å². The Hall–Kier alpha value is -4.10. The van der Waals surface area contributed by atoms with E-state index in [4.69, 9.17) is 9.15 Å². The number of nitrogens with one attached hydrogen (secondary N) is 2. The first kappa shape index (κ1) is 24.6. The number of nitrogens with zero attached hydrogens (tertiary/aromatic N) is 1. The summed E-state index contributed by atoms with van der Waals surface area (Å²) in [6, 6.07) is 19.0. The van der Waals surface area contributed by atoms with E-state index in [0.717, 1.165) is 38.7 Å². The molecule has 0 bridgehead atoms. The summed E-state index contributed by atoms with van der Waals surface area (Å²) in [4.78, 5) is 28.5. The third kappa shape index (κ3) is 4.70. The molecule has 2 N–H and O–H groups in total. The molecular formula is C30H31N3O4. The van der Waals surface area contributed by atoms with Gasteiger partial charge >= 0.3 is 0 Å². The number of carbonyl (C=O) groups excluding carboxylic acids is 2. The molecule has 1 aliphatic rings. The van der Waals surface area contributed by atoms with E-state index in [2.05, 4.69) is 22.8 Å². The molecule has 37 heavy (non-hydrogen) atoms. The highest BCUT2D eigenvalue weighted by Gasteiger charge is 2.33.